The lowest BCUT2D eigenvalue weighted by Gasteiger charge is -2.28. The quantitative estimate of drug-likeness (QED) is 0.673. The molecule has 0 unspecified atom stereocenters. The van der Waals surface area contributed by atoms with Crippen molar-refractivity contribution in [3.05, 3.63) is 53.7 Å². The van der Waals surface area contributed by atoms with Gasteiger partial charge in [0, 0.05) is 31.9 Å². The molecule has 0 bridgehead atoms. The Morgan fingerprint density at radius 1 is 1.23 bits per heavy atom. The van der Waals surface area contributed by atoms with Crippen molar-refractivity contribution in [2.75, 3.05) is 38.3 Å². The molecule has 1 aromatic carbocycles. The first-order chi connectivity index (χ1) is 14.5. The molecule has 1 aliphatic rings. The second kappa shape index (κ2) is 10.6. The van der Waals surface area contributed by atoms with Crippen molar-refractivity contribution in [3.63, 3.8) is 0 Å². The van der Waals surface area contributed by atoms with Crippen LogP contribution in [0.5, 0.6) is 11.5 Å². The van der Waals surface area contributed by atoms with E-state index >= 15 is 0 Å². The van der Waals surface area contributed by atoms with Gasteiger partial charge in [0.15, 0.2) is 11.5 Å². The third kappa shape index (κ3) is 6.22. The number of carbonyl (C=O) groups is 1. The van der Waals surface area contributed by atoms with E-state index in [1.165, 1.54) is 6.08 Å². The molecule has 1 N–H and O–H groups in total. The second-order valence-corrected chi connectivity index (χ2v) is 7.25. The number of anilines is 1. The van der Waals surface area contributed by atoms with Gasteiger partial charge in [-0.15, -0.1) is 0 Å². The normalized spacial score (nSPS) is 14.2. The van der Waals surface area contributed by atoms with Gasteiger partial charge in [-0.3, -0.25) is 4.79 Å². The molecule has 2 heterocycles. The highest BCUT2D eigenvalue weighted by Crippen LogP contribution is 2.29. The molecule has 7 nitrogen and oxygen atoms in total. The van der Waals surface area contributed by atoms with Crippen LogP contribution in [0.2, 0.25) is 0 Å². The predicted molar refractivity (Wildman–Crippen MR) is 117 cm³/mol. The molecule has 0 atom stereocenters. The summed E-state index contributed by atoms with van der Waals surface area (Å²) in [5.41, 5.74) is 1.86. The molecule has 0 aliphatic carbocycles. The lowest BCUT2D eigenvalue weighted by atomic mass is 10.2. The summed E-state index contributed by atoms with van der Waals surface area (Å²) in [6.45, 7) is 7.44. The molecule has 2 aromatic rings. The van der Waals surface area contributed by atoms with Crippen LogP contribution in [0.25, 0.3) is 6.08 Å². The lowest BCUT2D eigenvalue weighted by molar-refractivity contribution is -0.116. The number of hydrogen-bond acceptors (Lipinski definition) is 6. The lowest BCUT2D eigenvalue weighted by Crippen LogP contribution is -2.36. The Hall–Kier alpha value is -3.06. The molecule has 1 fully saturated rings. The van der Waals surface area contributed by atoms with Gasteiger partial charge in [-0.05, 0) is 55.3 Å². The van der Waals surface area contributed by atoms with Gasteiger partial charge in [0.1, 0.15) is 5.82 Å². The summed E-state index contributed by atoms with van der Waals surface area (Å²) in [4.78, 5) is 18.9. The fourth-order valence-electron chi connectivity index (χ4n) is 3.10. The van der Waals surface area contributed by atoms with Crippen molar-refractivity contribution >= 4 is 17.8 Å². The first kappa shape index (κ1) is 21.6. The molecule has 3 rings (SSSR count). The van der Waals surface area contributed by atoms with E-state index in [1.807, 2.05) is 44.2 Å². The highest BCUT2D eigenvalue weighted by atomic mass is 16.5. The smallest absolute Gasteiger partial charge is 0.244 e. The first-order valence-corrected chi connectivity index (χ1v) is 10.1. The summed E-state index contributed by atoms with van der Waals surface area (Å²) in [6, 6.07) is 9.50. The molecule has 0 radical (unpaired) electrons. The molecule has 160 valence electrons. The fraction of sp³-hybridized carbons (Fsp3) is 0.391. The van der Waals surface area contributed by atoms with E-state index in [0.717, 1.165) is 30.0 Å². The van der Waals surface area contributed by atoms with Crippen LogP contribution in [-0.2, 0) is 16.1 Å². The second-order valence-electron chi connectivity index (χ2n) is 7.25. The molecule has 0 saturated carbocycles. The first-order valence-electron chi connectivity index (χ1n) is 10.1. The Balaban J connectivity index is 1.56. The van der Waals surface area contributed by atoms with Gasteiger partial charge >= 0.3 is 0 Å². The monoisotopic (exact) mass is 411 g/mol. The topological polar surface area (TPSA) is 72.9 Å². The van der Waals surface area contributed by atoms with Crippen molar-refractivity contribution in [3.8, 4) is 11.5 Å². The summed E-state index contributed by atoms with van der Waals surface area (Å²) in [7, 11) is 1.60. The minimum absolute atomic E-state index is 0.0584. The number of methoxy groups -OCH3 is 1. The molecule has 0 spiro atoms. The maximum Gasteiger partial charge on any atom is 0.244 e. The summed E-state index contributed by atoms with van der Waals surface area (Å²) >= 11 is 0. The van der Waals surface area contributed by atoms with Gasteiger partial charge in [-0.2, -0.15) is 0 Å². The molecular formula is C23H29N3O4. The predicted octanol–water partition coefficient (Wildman–Crippen LogP) is 3.04. The minimum Gasteiger partial charge on any atom is -0.493 e. The number of nitrogens with zero attached hydrogens (tertiary/aromatic N) is 2. The van der Waals surface area contributed by atoms with E-state index in [1.54, 1.807) is 19.4 Å². The van der Waals surface area contributed by atoms with Crippen LogP contribution < -0.4 is 19.7 Å². The Morgan fingerprint density at radius 3 is 2.77 bits per heavy atom. The van der Waals surface area contributed by atoms with Crippen LogP contribution in [-0.4, -0.2) is 50.4 Å². The van der Waals surface area contributed by atoms with Gasteiger partial charge in [0.05, 0.1) is 26.4 Å². The number of benzene rings is 1. The van der Waals surface area contributed by atoms with Crippen molar-refractivity contribution in [2.24, 2.45) is 0 Å². The van der Waals surface area contributed by atoms with E-state index in [4.69, 9.17) is 14.2 Å². The van der Waals surface area contributed by atoms with Crippen molar-refractivity contribution in [1.82, 2.24) is 10.3 Å². The van der Waals surface area contributed by atoms with E-state index < -0.39 is 0 Å². The van der Waals surface area contributed by atoms with E-state index in [9.17, 15) is 4.79 Å². The molecule has 1 saturated heterocycles. The van der Waals surface area contributed by atoms with Crippen LogP contribution in [0.4, 0.5) is 5.82 Å². The number of rotatable bonds is 8. The van der Waals surface area contributed by atoms with Crippen LogP contribution in [0.3, 0.4) is 0 Å². The summed E-state index contributed by atoms with van der Waals surface area (Å²) in [5, 5.41) is 2.91. The van der Waals surface area contributed by atoms with Crippen LogP contribution in [0.15, 0.2) is 42.6 Å². The van der Waals surface area contributed by atoms with Crippen molar-refractivity contribution in [1.29, 1.82) is 0 Å². The van der Waals surface area contributed by atoms with Crippen LogP contribution in [0.1, 0.15) is 25.0 Å². The standard InChI is InChI=1S/C23H29N3O4/c1-17(2)30-20-6-4-18(14-21(20)28-3)5-7-23(27)25-16-19-8-9-24-22(15-19)26-10-12-29-13-11-26/h4-9,14-15,17H,10-13,16H2,1-3H3,(H,25,27)/b7-5+. The van der Waals surface area contributed by atoms with Gasteiger partial charge in [0.2, 0.25) is 5.91 Å². The number of nitrogens with one attached hydrogen (secondary N) is 1. The highest BCUT2D eigenvalue weighted by molar-refractivity contribution is 5.91. The highest BCUT2D eigenvalue weighted by Gasteiger charge is 2.12. The number of aromatic nitrogens is 1. The zero-order chi connectivity index (χ0) is 21.3. The molecule has 1 aliphatic heterocycles. The zero-order valence-electron chi connectivity index (χ0n) is 17.8. The van der Waals surface area contributed by atoms with E-state index in [-0.39, 0.29) is 12.0 Å². The maximum absolute atomic E-state index is 12.2. The number of ether oxygens (including phenoxy) is 3. The largest absolute Gasteiger partial charge is 0.493 e. The van der Waals surface area contributed by atoms with Gasteiger partial charge < -0.3 is 24.4 Å². The zero-order valence-corrected chi connectivity index (χ0v) is 17.8. The Bertz CT molecular complexity index is 877. The van der Waals surface area contributed by atoms with Crippen molar-refractivity contribution < 1.29 is 19.0 Å². The van der Waals surface area contributed by atoms with Gasteiger partial charge in [-0.1, -0.05) is 6.07 Å². The number of amides is 1. The third-order valence-corrected chi connectivity index (χ3v) is 4.59. The number of morpholine rings is 1. The third-order valence-electron chi connectivity index (χ3n) is 4.59. The average Bonchev–Trinajstić information content (AvgIpc) is 2.77. The van der Waals surface area contributed by atoms with Crippen LogP contribution >= 0.6 is 0 Å². The summed E-state index contributed by atoms with van der Waals surface area (Å²) in [6.07, 6.45) is 5.10. The molecular weight excluding hydrogens is 382 g/mol. The fourth-order valence-corrected chi connectivity index (χ4v) is 3.10. The Labute approximate surface area is 177 Å². The van der Waals surface area contributed by atoms with E-state index in [2.05, 4.69) is 15.2 Å². The van der Waals surface area contributed by atoms with Gasteiger partial charge in [0.25, 0.3) is 0 Å². The average molecular weight is 412 g/mol. The van der Waals surface area contributed by atoms with E-state index in [0.29, 0.717) is 31.3 Å². The minimum atomic E-state index is -0.166. The number of pyridine rings is 1. The molecule has 1 amide bonds. The molecule has 30 heavy (non-hydrogen) atoms. The summed E-state index contributed by atoms with van der Waals surface area (Å²) < 4.78 is 16.5. The summed E-state index contributed by atoms with van der Waals surface area (Å²) in [5.74, 6) is 2.07. The molecule has 1 aromatic heterocycles. The SMILES string of the molecule is COc1cc(/C=C/C(=O)NCc2ccnc(N3CCOCC3)c2)ccc1OC(C)C. The Morgan fingerprint density at radius 2 is 2.03 bits per heavy atom. The maximum atomic E-state index is 12.2. The Kier molecular flexibility index (Phi) is 7.68. The van der Waals surface area contributed by atoms with Gasteiger partial charge in [-0.25, -0.2) is 4.98 Å². The van der Waals surface area contributed by atoms with Crippen molar-refractivity contribution in [2.45, 2.75) is 26.5 Å². The number of hydrogen-bond donors (Lipinski definition) is 1. The molecule has 7 heteroatoms. The van der Waals surface area contributed by atoms with Crippen LogP contribution in [0, 0.1) is 0 Å². The number of carbonyl (C=O) groups excluding carboxylic acids is 1.